The van der Waals surface area contributed by atoms with Crippen LogP contribution >= 0.6 is 15.9 Å². The third-order valence-corrected chi connectivity index (χ3v) is 6.86. The van der Waals surface area contributed by atoms with Gasteiger partial charge in [-0.05, 0) is 67.1 Å². The standard InChI is InChI=1S/C17H20BrFO/c18-16-7-12(19)5-4-10(16)8-17(20)9-11-6-15(17)14-3-1-2-13(11)14/h4-5,7,11,13-15,20H,1-3,6,8-9H2. The van der Waals surface area contributed by atoms with Gasteiger partial charge in [0.25, 0.3) is 0 Å². The highest BCUT2D eigenvalue weighted by atomic mass is 79.9. The second kappa shape index (κ2) is 4.54. The van der Waals surface area contributed by atoms with Crippen LogP contribution in [0.3, 0.4) is 0 Å². The van der Waals surface area contributed by atoms with Crippen LogP contribution in [0.15, 0.2) is 22.7 Å². The molecule has 1 aromatic rings. The molecule has 20 heavy (non-hydrogen) atoms. The van der Waals surface area contributed by atoms with Crippen LogP contribution in [0, 0.1) is 29.5 Å². The van der Waals surface area contributed by atoms with E-state index in [0.29, 0.717) is 12.3 Å². The van der Waals surface area contributed by atoms with Gasteiger partial charge in [-0.1, -0.05) is 28.4 Å². The highest BCUT2D eigenvalue weighted by Gasteiger charge is 2.60. The Labute approximate surface area is 127 Å². The van der Waals surface area contributed by atoms with Gasteiger partial charge in [-0.15, -0.1) is 0 Å². The number of hydrogen-bond acceptors (Lipinski definition) is 1. The second-order valence-electron chi connectivity index (χ2n) is 7.08. The fraction of sp³-hybridized carbons (Fsp3) is 0.647. The average molecular weight is 339 g/mol. The number of halogens is 2. The first-order valence-electron chi connectivity index (χ1n) is 7.73. The Morgan fingerprint density at radius 1 is 1.30 bits per heavy atom. The molecule has 1 aromatic carbocycles. The van der Waals surface area contributed by atoms with Crippen LogP contribution in [0.1, 0.15) is 37.7 Å². The predicted octanol–water partition coefficient (Wildman–Crippen LogP) is 4.32. The molecule has 0 aliphatic heterocycles. The molecule has 1 N–H and O–H groups in total. The SMILES string of the molecule is OC1(Cc2ccc(F)cc2Br)CC2CC1C1CCCC21. The Bertz CT molecular complexity index is 546. The fourth-order valence-electron chi connectivity index (χ4n) is 5.43. The van der Waals surface area contributed by atoms with E-state index in [0.717, 1.165) is 34.2 Å². The Morgan fingerprint density at radius 3 is 2.90 bits per heavy atom. The van der Waals surface area contributed by atoms with Crippen molar-refractivity contribution in [1.29, 1.82) is 0 Å². The Balaban J connectivity index is 1.60. The van der Waals surface area contributed by atoms with E-state index in [1.54, 1.807) is 0 Å². The number of rotatable bonds is 2. The van der Waals surface area contributed by atoms with Gasteiger partial charge in [-0.2, -0.15) is 0 Å². The van der Waals surface area contributed by atoms with Crippen LogP contribution < -0.4 is 0 Å². The van der Waals surface area contributed by atoms with Gasteiger partial charge in [0.2, 0.25) is 0 Å². The van der Waals surface area contributed by atoms with Crippen molar-refractivity contribution in [2.45, 2.75) is 44.1 Å². The summed E-state index contributed by atoms with van der Waals surface area (Å²) in [5.74, 6) is 2.61. The van der Waals surface area contributed by atoms with Gasteiger partial charge in [0.15, 0.2) is 0 Å². The van der Waals surface area contributed by atoms with E-state index in [1.165, 1.54) is 37.8 Å². The Morgan fingerprint density at radius 2 is 2.10 bits per heavy atom. The minimum absolute atomic E-state index is 0.226. The lowest BCUT2D eigenvalue weighted by atomic mass is 9.71. The third kappa shape index (κ3) is 1.89. The molecule has 1 nitrogen and oxygen atoms in total. The van der Waals surface area contributed by atoms with Gasteiger partial charge in [-0.3, -0.25) is 0 Å². The molecular weight excluding hydrogens is 319 g/mol. The molecule has 108 valence electrons. The van der Waals surface area contributed by atoms with E-state index >= 15 is 0 Å². The normalized spacial score (nSPS) is 42.1. The van der Waals surface area contributed by atoms with Crippen LogP contribution in [-0.4, -0.2) is 10.7 Å². The Kier molecular flexibility index (Phi) is 3.01. The fourth-order valence-corrected chi connectivity index (χ4v) is 5.93. The zero-order chi connectivity index (χ0) is 13.9. The number of aliphatic hydroxyl groups is 1. The van der Waals surface area contributed by atoms with Crippen LogP contribution in [0.2, 0.25) is 0 Å². The van der Waals surface area contributed by atoms with Crippen molar-refractivity contribution < 1.29 is 9.50 Å². The lowest BCUT2D eigenvalue weighted by Gasteiger charge is -2.39. The summed E-state index contributed by atoms with van der Waals surface area (Å²) in [6, 6.07) is 4.81. The van der Waals surface area contributed by atoms with E-state index in [4.69, 9.17) is 0 Å². The molecule has 0 radical (unpaired) electrons. The van der Waals surface area contributed by atoms with E-state index < -0.39 is 5.60 Å². The van der Waals surface area contributed by atoms with Crippen molar-refractivity contribution in [3.63, 3.8) is 0 Å². The largest absolute Gasteiger partial charge is 0.389 e. The van der Waals surface area contributed by atoms with Crippen LogP contribution in [0.25, 0.3) is 0 Å². The maximum absolute atomic E-state index is 13.2. The van der Waals surface area contributed by atoms with Crippen molar-refractivity contribution in [2.75, 3.05) is 0 Å². The van der Waals surface area contributed by atoms with Gasteiger partial charge in [0.05, 0.1) is 5.60 Å². The average Bonchev–Trinajstić information content (AvgIpc) is 3.03. The van der Waals surface area contributed by atoms with Crippen molar-refractivity contribution in [1.82, 2.24) is 0 Å². The molecule has 0 aromatic heterocycles. The highest BCUT2D eigenvalue weighted by Crippen LogP contribution is 2.63. The van der Waals surface area contributed by atoms with Gasteiger partial charge in [-0.25, -0.2) is 4.39 Å². The summed E-state index contributed by atoms with van der Waals surface area (Å²) in [6.45, 7) is 0. The van der Waals surface area contributed by atoms with Crippen LogP contribution in [0.5, 0.6) is 0 Å². The smallest absolute Gasteiger partial charge is 0.124 e. The number of hydrogen-bond donors (Lipinski definition) is 1. The number of benzene rings is 1. The van der Waals surface area contributed by atoms with Crippen LogP contribution in [0.4, 0.5) is 4.39 Å². The van der Waals surface area contributed by atoms with E-state index in [1.807, 2.05) is 6.07 Å². The molecule has 5 atom stereocenters. The molecule has 5 unspecified atom stereocenters. The summed E-state index contributed by atoms with van der Waals surface area (Å²) in [4.78, 5) is 0. The minimum Gasteiger partial charge on any atom is -0.389 e. The van der Waals surface area contributed by atoms with Gasteiger partial charge >= 0.3 is 0 Å². The van der Waals surface area contributed by atoms with Crippen molar-refractivity contribution in [3.8, 4) is 0 Å². The lowest BCUT2D eigenvalue weighted by Crippen LogP contribution is -2.43. The molecule has 3 aliphatic carbocycles. The molecule has 0 amide bonds. The van der Waals surface area contributed by atoms with Crippen molar-refractivity contribution in [3.05, 3.63) is 34.1 Å². The summed E-state index contributed by atoms with van der Waals surface area (Å²) < 4.78 is 14.0. The summed E-state index contributed by atoms with van der Waals surface area (Å²) in [5, 5.41) is 11.2. The quantitative estimate of drug-likeness (QED) is 0.851. The minimum atomic E-state index is -0.559. The molecule has 4 rings (SSSR count). The molecule has 3 heteroatoms. The second-order valence-corrected chi connectivity index (χ2v) is 7.94. The summed E-state index contributed by atoms with van der Waals surface area (Å²) in [7, 11) is 0. The first kappa shape index (κ1) is 13.3. The maximum Gasteiger partial charge on any atom is 0.124 e. The Hall–Kier alpha value is -0.410. The maximum atomic E-state index is 13.2. The van der Waals surface area contributed by atoms with Gasteiger partial charge < -0.3 is 5.11 Å². The summed E-state index contributed by atoms with van der Waals surface area (Å²) in [5.41, 5.74) is 0.479. The zero-order valence-corrected chi connectivity index (χ0v) is 13.1. The summed E-state index contributed by atoms with van der Waals surface area (Å²) in [6.07, 6.45) is 6.85. The molecule has 0 saturated heterocycles. The molecule has 0 heterocycles. The topological polar surface area (TPSA) is 20.2 Å². The van der Waals surface area contributed by atoms with Crippen LogP contribution in [-0.2, 0) is 6.42 Å². The molecular formula is C17H20BrFO. The van der Waals surface area contributed by atoms with Gasteiger partial charge in [0, 0.05) is 10.9 Å². The van der Waals surface area contributed by atoms with E-state index in [9.17, 15) is 9.50 Å². The van der Waals surface area contributed by atoms with Crippen molar-refractivity contribution >= 4 is 15.9 Å². The molecule has 2 bridgehead atoms. The molecule has 3 fully saturated rings. The third-order valence-electron chi connectivity index (χ3n) is 6.12. The highest BCUT2D eigenvalue weighted by molar-refractivity contribution is 9.10. The van der Waals surface area contributed by atoms with Gasteiger partial charge in [0.1, 0.15) is 5.82 Å². The molecule has 3 saturated carbocycles. The van der Waals surface area contributed by atoms with E-state index in [-0.39, 0.29) is 5.82 Å². The summed E-state index contributed by atoms with van der Waals surface area (Å²) >= 11 is 3.44. The lowest BCUT2D eigenvalue weighted by molar-refractivity contribution is -0.0451. The molecule has 0 spiro atoms. The number of fused-ring (bicyclic) bond motifs is 5. The molecule has 3 aliphatic rings. The first-order valence-corrected chi connectivity index (χ1v) is 8.52. The van der Waals surface area contributed by atoms with Crippen molar-refractivity contribution in [2.24, 2.45) is 23.7 Å². The first-order chi connectivity index (χ1) is 9.57. The van der Waals surface area contributed by atoms with E-state index in [2.05, 4.69) is 15.9 Å². The monoisotopic (exact) mass is 338 g/mol. The zero-order valence-electron chi connectivity index (χ0n) is 11.5. The predicted molar refractivity (Wildman–Crippen MR) is 79.8 cm³/mol.